The molecule has 0 spiro atoms. The van der Waals surface area contributed by atoms with E-state index in [1.54, 1.807) is 24.3 Å². The van der Waals surface area contributed by atoms with Crippen molar-refractivity contribution in [2.75, 3.05) is 5.32 Å². The summed E-state index contributed by atoms with van der Waals surface area (Å²) in [5.41, 5.74) is 2.17. The second kappa shape index (κ2) is 6.74. The summed E-state index contributed by atoms with van der Waals surface area (Å²) in [6.07, 6.45) is 4.20. The summed E-state index contributed by atoms with van der Waals surface area (Å²) in [7, 11) is 0. The van der Waals surface area contributed by atoms with Crippen molar-refractivity contribution in [3.8, 4) is 6.07 Å². The molecule has 1 atom stereocenters. The molecule has 3 nitrogen and oxygen atoms in total. The van der Waals surface area contributed by atoms with Gasteiger partial charge in [0.05, 0.1) is 16.1 Å². The summed E-state index contributed by atoms with van der Waals surface area (Å²) in [6.45, 7) is 2.20. The fraction of sp³-hybridized carbons (Fsp3) is 0.333. The third-order valence-corrected chi connectivity index (χ3v) is 5.90. The first-order valence-electron chi connectivity index (χ1n) is 7.74. The lowest BCUT2D eigenvalue weighted by molar-refractivity contribution is 0.102. The number of halogens is 1. The molecule has 1 aliphatic rings. The Morgan fingerprint density at radius 2 is 2.26 bits per heavy atom. The Balaban J connectivity index is 1.90. The molecule has 1 aromatic heterocycles. The van der Waals surface area contributed by atoms with Gasteiger partial charge in [-0.15, -0.1) is 11.3 Å². The van der Waals surface area contributed by atoms with Crippen LogP contribution >= 0.6 is 22.9 Å². The first-order valence-corrected chi connectivity index (χ1v) is 8.94. The average molecular weight is 345 g/mol. The number of fused-ring (bicyclic) bond motifs is 1. The number of anilines is 1. The van der Waals surface area contributed by atoms with Crippen molar-refractivity contribution < 1.29 is 4.79 Å². The number of benzene rings is 1. The standard InChI is InChI=1S/C18H17ClN2OS/c1-2-11-7-8-12-14(10-20)18(23-16(12)9-11)21-17(22)13-5-3-4-6-15(13)19/h3-6,11H,2,7-9H2,1H3,(H,21,22). The Kier molecular flexibility index (Phi) is 4.70. The molecule has 1 amide bonds. The second-order valence-corrected chi connectivity index (χ2v) is 7.28. The van der Waals surface area contributed by atoms with E-state index in [4.69, 9.17) is 11.6 Å². The van der Waals surface area contributed by atoms with Crippen molar-refractivity contribution in [2.45, 2.75) is 32.6 Å². The summed E-state index contributed by atoms with van der Waals surface area (Å²) >= 11 is 7.61. The van der Waals surface area contributed by atoms with Crippen LogP contribution in [0.5, 0.6) is 0 Å². The van der Waals surface area contributed by atoms with Crippen molar-refractivity contribution in [1.29, 1.82) is 5.26 Å². The normalized spacial score (nSPS) is 16.5. The molecule has 3 rings (SSSR count). The summed E-state index contributed by atoms with van der Waals surface area (Å²) in [5.74, 6) is 0.414. The molecular formula is C18H17ClN2OS. The molecule has 1 heterocycles. The van der Waals surface area contributed by atoms with E-state index in [-0.39, 0.29) is 5.91 Å². The van der Waals surface area contributed by atoms with Gasteiger partial charge in [-0.2, -0.15) is 5.26 Å². The number of thiophene rings is 1. The van der Waals surface area contributed by atoms with Crippen molar-refractivity contribution in [3.05, 3.63) is 50.9 Å². The zero-order chi connectivity index (χ0) is 16.4. The topological polar surface area (TPSA) is 52.9 Å². The van der Waals surface area contributed by atoms with Crippen LogP contribution in [-0.4, -0.2) is 5.91 Å². The number of nitrogens with zero attached hydrogens (tertiary/aromatic N) is 1. The van der Waals surface area contributed by atoms with Crippen LogP contribution in [0.15, 0.2) is 24.3 Å². The number of rotatable bonds is 3. The predicted molar refractivity (Wildman–Crippen MR) is 94.2 cm³/mol. The highest BCUT2D eigenvalue weighted by molar-refractivity contribution is 7.16. The van der Waals surface area contributed by atoms with Crippen LogP contribution in [0.1, 0.15) is 46.1 Å². The van der Waals surface area contributed by atoms with Crippen LogP contribution in [0.3, 0.4) is 0 Å². The Hall–Kier alpha value is -1.83. The van der Waals surface area contributed by atoms with Gasteiger partial charge in [-0.05, 0) is 42.9 Å². The van der Waals surface area contributed by atoms with E-state index in [0.717, 1.165) is 31.2 Å². The van der Waals surface area contributed by atoms with Gasteiger partial charge >= 0.3 is 0 Å². The number of hydrogen-bond acceptors (Lipinski definition) is 3. The van der Waals surface area contributed by atoms with Crippen LogP contribution in [0, 0.1) is 17.2 Å². The number of amides is 1. The highest BCUT2D eigenvalue weighted by Crippen LogP contribution is 2.40. The maximum absolute atomic E-state index is 12.4. The Morgan fingerprint density at radius 3 is 2.96 bits per heavy atom. The largest absolute Gasteiger partial charge is 0.312 e. The van der Waals surface area contributed by atoms with Gasteiger partial charge in [-0.3, -0.25) is 4.79 Å². The lowest BCUT2D eigenvalue weighted by Crippen LogP contribution is -2.13. The van der Waals surface area contributed by atoms with Crippen molar-refractivity contribution >= 4 is 33.8 Å². The molecule has 0 radical (unpaired) electrons. The number of nitrogens with one attached hydrogen (secondary N) is 1. The molecule has 0 saturated heterocycles. The number of nitriles is 1. The number of carbonyl (C=O) groups is 1. The molecule has 5 heteroatoms. The molecule has 1 aliphatic carbocycles. The van der Waals surface area contributed by atoms with Crippen LogP contribution in [0.4, 0.5) is 5.00 Å². The molecule has 1 aromatic carbocycles. The molecule has 2 aromatic rings. The zero-order valence-electron chi connectivity index (χ0n) is 12.9. The van der Waals surface area contributed by atoms with Crippen molar-refractivity contribution in [1.82, 2.24) is 0 Å². The van der Waals surface area contributed by atoms with Gasteiger partial charge < -0.3 is 5.32 Å². The Morgan fingerprint density at radius 1 is 1.48 bits per heavy atom. The van der Waals surface area contributed by atoms with Crippen LogP contribution < -0.4 is 5.32 Å². The molecule has 1 N–H and O–H groups in total. The minimum absolute atomic E-state index is 0.266. The zero-order valence-corrected chi connectivity index (χ0v) is 14.4. The highest BCUT2D eigenvalue weighted by atomic mass is 35.5. The van der Waals surface area contributed by atoms with Crippen LogP contribution in [0.25, 0.3) is 0 Å². The molecule has 0 fully saturated rings. The van der Waals surface area contributed by atoms with E-state index in [2.05, 4.69) is 18.3 Å². The molecule has 0 bridgehead atoms. The van der Waals surface area contributed by atoms with E-state index < -0.39 is 0 Å². The Bertz CT molecular complexity index is 791. The summed E-state index contributed by atoms with van der Waals surface area (Å²) < 4.78 is 0. The highest BCUT2D eigenvalue weighted by Gasteiger charge is 2.26. The van der Waals surface area contributed by atoms with Crippen molar-refractivity contribution in [3.63, 3.8) is 0 Å². The maximum Gasteiger partial charge on any atom is 0.257 e. The average Bonchev–Trinajstić information content (AvgIpc) is 2.90. The van der Waals surface area contributed by atoms with Gasteiger partial charge in [-0.25, -0.2) is 0 Å². The third kappa shape index (κ3) is 3.12. The quantitative estimate of drug-likeness (QED) is 0.847. The summed E-state index contributed by atoms with van der Waals surface area (Å²) in [4.78, 5) is 13.7. The van der Waals surface area contributed by atoms with Gasteiger partial charge in [0.1, 0.15) is 11.1 Å². The van der Waals surface area contributed by atoms with E-state index in [1.165, 1.54) is 16.2 Å². The van der Waals surface area contributed by atoms with E-state index in [1.807, 2.05) is 0 Å². The number of hydrogen-bond donors (Lipinski definition) is 1. The fourth-order valence-corrected chi connectivity index (χ4v) is 4.55. The summed E-state index contributed by atoms with van der Waals surface area (Å²) in [5, 5.41) is 13.4. The fourth-order valence-electron chi connectivity index (χ4n) is 3.02. The third-order valence-electron chi connectivity index (χ3n) is 4.40. The molecule has 118 valence electrons. The molecule has 0 aliphatic heterocycles. The minimum Gasteiger partial charge on any atom is -0.312 e. The minimum atomic E-state index is -0.266. The lowest BCUT2D eigenvalue weighted by atomic mass is 9.86. The first kappa shape index (κ1) is 16.0. The molecule has 0 saturated carbocycles. The smallest absolute Gasteiger partial charge is 0.257 e. The van der Waals surface area contributed by atoms with E-state index in [0.29, 0.717) is 27.1 Å². The molecule has 23 heavy (non-hydrogen) atoms. The number of carbonyl (C=O) groups excluding carboxylic acids is 1. The van der Waals surface area contributed by atoms with Gasteiger partial charge in [-0.1, -0.05) is 37.1 Å². The molecule has 1 unspecified atom stereocenters. The summed E-state index contributed by atoms with van der Waals surface area (Å²) in [6, 6.07) is 9.20. The Labute approximate surface area is 144 Å². The van der Waals surface area contributed by atoms with Crippen molar-refractivity contribution in [2.24, 2.45) is 5.92 Å². The van der Waals surface area contributed by atoms with E-state index in [9.17, 15) is 10.1 Å². The van der Waals surface area contributed by atoms with E-state index >= 15 is 0 Å². The van der Waals surface area contributed by atoms with Gasteiger partial charge in [0.15, 0.2) is 0 Å². The van der Waals surface area contributed by atoms with Crippen LogP contribution in [0.2, 0.25) is 5.02 Å². The van der Waals surface area contributed by atoms with Gasteiger partial charge in [0.25, 0.3) is 5.91 Å². The predicted octanol–water partition coefficient (Wildman–Crippen LogP) is 5.04. The van der Waals surface area contributed by atoms with Gasteiger partial charge in [0, 0.05) is 4.88 Å². The first-order chi connectivity index (χ1) is 11.1. The monoisotopic (exact) mass is 344 g/mol. The van der Waals surface area contributed by atoms with Gasteiger partial charge in [0.2, 0.25) is 0 Å². The molecular weight excluding hydrogens is 328 g/mol. The van der Waals surface area contributed by atoms with Crippen LogP contribution in [-0.2, 0) is 12.8 Å². The maximum atomic E-state index is 12.4. The lowest BCUT2D eigenvalue weighted by Gasteiger charge is -2.20. The SMILES string of the molecule is CCC1CCc2c(sc(NC(=O)c3ccccc3Cl)c2C#N)C1. The second-order valence-electron chi connectivity index (χ2n) is 5.77.